The number of esters is 6. The lowest BCUT2D eigenvalue weighted by atomic mass is 9.97. The zero-order valence-corrected chi connectivity index (χ0v) is 25.2. The van der Waals surface area contributed by atoms with Gasteiger partial charge in [0.1, 0.15) is 32.0 Å². The first-order chi connectivity index (χ1) is 21.1. The molecule has 0 amide bonds. The van der Waals surface area contributed by atoms with E-state index in [0.717, 1.165) is 41.5 Å². The van der Waals surface area contributed by atoms with E-state index in [1.54, 1.807) is 0 Å². The molecule has 0 aromatic heterocycles. The van der Waals surface area contributed by atoms with Crippen LogP contribution in [-0.2, 0) is 90.5 Å². The van der Waals surface area contributed by atoms with Crippen LogP contribution in [0.25, 0.3) is 0 Å². The van der Waals surface area contributed by atoms with Gasteiger partial charge in [0.2, 0.25) is 12.1 Å². The van der Waals surface area contributed by atoms with Gasteiger partial charge in [-0.2, -0.15) is 0 Å². The van der Waals surface area contributed by atoms with Crippen LogP contribution in [0, 0.1) is 0 Å². The maximum absolute atomic E-state index is 12.2. The van der Waals surface area contributed by atoms with Crippen LogP contribution in [0.5, 0.6) is 0 Å². The minimum atomic E-state index is -2.47. The normalized spacial score (nSPS) is 30.5. The molecule has 0 spiro atoms. The molecule has 2 saturated heterocycles. The SMILES string of the molecule is CC(=O)OC[C@@]1(O[C@H]2O[C@H](COC=O)[C@@H](OC(C)=O)[C@H](OC(C)=O)[C@H]2OC(C)=O)O[C@H](COC=O)[C@@H](OC(C)=O)[C@@H]1OC(C)=O. The maximum atomic E-state index is 12.2. The Balaban J connectivity index is 2.76. The summed E-state index contributed by atoms with van der Waals surface area (Å²) < 4.78 is 59.4. The second kappa shape index (κ2) is 16.6. The van der Waals surface area contributed by atoms with Crippen molar-refractivity contribution in [2.45, 2.75) is 96.3 Å². The van der Waals surface area contributed by atoms with Gasteiger partial charge in [0, 0.05) is 41.5 Å². The molecule has 0 aromatic carbocycles. The number of hydrogen-bond donors (Lipinski definition) is 0. The molecule has 2 rings (SSSR count). The third-order valence-electron chi connectivity index (χ3n) is 5.99. The van der Waals surface area contributed by atoms with Crippen molar-refractivity contribution in [3.05, 3.63) is 0 Å². The van der Waals surface area contributed by atoms with E-state index in [4.69, 9.17) is 52.1 Å². The summed E-state index contributed by atoms with van der Waals surface area (Å²) in [4.78, 5) is 94.6. The number of carbonyl (C=O) groups is 8. The smallest absolute Gasteiger partial charge is 0.303 e. The number of hydrogen-bond acceptors (Lipinski definition) is 19. The molecule has 252 valence electrons. The molecule has 0 aliphatic carbocycles. The van der Waals surface area contributed by atoms with Crippen molar-refractivity contribution in [2.75, 3.05) is 19.8 Å². The van der Waals surface area contributed by atoms with Crippen molar-refractivity contribution in [3.8, 4) is 0 Å². The Morgan fingerprint density at radius 2 is 1.07 bits per heavy atom. The highest BCUT2D eigenvalue weighted by Crippen LogP contribution is 2.41. The molecular weight excluding hydrogens is 616 g/mol. The molecule has 2 heterocycles. The van der Waals surface area contributed by atoms with E-state index < -0.39 is 110 Å². The zero-order chi connectivity index (χ0) is 33.9. The average molecular weight is 651 g/mol. The van der Waals surface area contributed by atoms with E-state index in [-0.39, 0.29) is 12.9 Å². The first-order valence-corrected chi connectivity index (χ1v) is 13.2. The first-order valence-electron chi connectivity index (χ1n) is 13.2. The predicted molar refractivity (Wildman–Crippen MR) is 136 cm³/mol. The van der Waals surface area contributed by atoms with Crippen molar-refractivity contribution in [1.29, 1.82) is 0 Å². The fraction of sp³-hybridized carbons (Fsp3) is 0.692. The lowest BCUT2D eigenvalue weighted by Gasteiger charge is -2.46. The summed E-state index contributed by atoms with van der Waals surface area (Å²) in [6, 6.07) is 0. The Bertz CT molecular complexity index is 1120. The molecule has 19 heteroatoms. The fourth-order valence-corrected chi connectivity index (χ4v) is 4.63. The second-order valence-corrected chi connectivity index (χ2v) is 9.59. The highest BCUT2D eigenvalue weighted by Gasteiger charge is 2.64. The Morgan fingerprint density at radius 3 is 1.56 bits per heavy atom. The molecule has 2 aliphatic rings. The standard InChI is InChI=1S/C26H34O19/c1-12(29)37-9-26(24(42-17(6)34)21(39-14(3)31)19(44-26)8-36-11-28)45-25-23(41-16(5)33)22(40-15(4)32)20(38-13(2)30)18(43-25)7-35-10-27/h10-11,18-25H,7-9H2,1-6H3/t18-,19-,20-,21-,22+,23-,24+,25-,26+/m1/s1. The van der Waals surface area contributed by atoms with Crippen LogP contribution in [0.15, 0.2) is 0 Å². The van der Waals surface area contributed by atoms with Gasteiger partial charge < -0.3 is 52.1 Å². The average Bonchev–Trinajstić information content (AvgIpc) is 3.18. The van der Waals surface area contributed by atoms with Gasteiger partial charge in [-0.15, -0.1) is 0 Å². The van der Waals surface area contributed by atoms with Gasteiger partial charge in [0.15, 0.2) is 30.5 Å². The molecule has 45 heavy (non-hydrogen) atoms. The van der Waals surface area contributed by atoms with Gasteiger partial charge in [0.05, 0.1) is 0 Å². The molecular formula is C26H34O19. The van der Waals surface area contributed by atoms with Crippen molar-refractivity contribution in [1.82, 2.24) is 0 Å². The van der Waals surface area contributed by atoms with Crippen LogP contribution in [0.3, 0.4) is 0 Å². The molecule has 9 atom stereocenters. The largest absolute Gasteiger partial charge is 0.465 e. The van der Waals surface area contributed by atoms with E-state index >= 15 is 0 Å². The highest BCUT2D eigenvalue weighted by molar-refractivity contribution is 5.69. The Hall–Kier alpha value is -4.36. The Labute approximate surface area is 255 Å². The van der Waals surface area contributed by atoms with E-state index in [9.17, 15) is 38.4 Å². The number of carbonyl (C=O) groups excluding carboxylic acids is 8. The third-order valence-corrected chi connectivity index (χ3v) is 5.99. The first kappa shape index (κ1) is 36.8. The molecule has 0 bridgehead atoms. The summed E-state index contributed by atoms with van der Waals surface area (Å²) in [7, 11) is 0. The Kier molecular flexibility index (Phi) is 13.6. The summed E-state index contributed by atoms with van der Waals surface area (Å²) >= 11 is 0. The van der Waals surface area contributed by atoms with Crippen LogP contribution in [-0.4, -0.2) is 123 Å². The summed E-state index contributed by atoms with van der Waals surface area (Å²) in [5, 5.41) is 0. The van der Waals surface area contributed by atoms with Crippen molar-refractivity contribution in [3.63, 3.8) is 0 Å². The number of rotatable bonds is 15. The van der Waals surface area contributed by atoms with Crippen LogP contribution >= 0.6 is 0 Å². The second-order valence-electron chi connectivity index (χ2n) is 9.59. The zero-order valence-electron chi connectivity index (χ0n) is 25.2. The van der Waals surface area contributed by atoms with E-state index in [0.29, 0.717) is 0 Å². The van der Waals surface area contributed by atoms with Gasteiger partial charge in [-0.3, -0.25) is 38.4 Å². The minimum absolute atomic E-state index is 0.0450. The van der Waals surface area contributed by atoms with E-state index in [2.05, 4.69) is 0 Å². The third kappa shape index (κ3) is 10.4. The highest BCUT2D eigenvalue weighted by atomic mass is 16.8. The fourth-order valence-electron chi connectivity index (χ4n) is 4.63. The molecule has 19 nitrogen and oxygen atoms in total. The lowest BCUT2D eigenvalue weighted by Crippen LogP contribution is -2.65. The van der Waals surface area contributed by atoms with Gasteiger partial charge in [0.25, 0.3) is 12.9 Å². The molecule has 2 fully saturated rings. The summed E-state index contributed by atoms with van der Waals surface area (Å²) in [6.07, 6.45) is -13.1. The van der Waals surface area contributed by atoms with Crippen LogP contribution in [0.1, 0.15) is 41.5 Å². The number of ether oxygens (including phenoxy) is 11. The minimum Gasteiger partial charge on any atom is -0.465 e. The quantitative estimate of drug-likeness (QED) is 0.110. The van der Waals surface area contributed by atoms with Gasteiger partial charge >= 0.3 is 35.8 Å². The summed E-state index contributed by atoms with van der Waals surface area (Å²) in [5.41, 5.74) is 0. The molecule has 0 N–H and O–H groups in total. The molecule has 0 unspecified atom stereocenters. The van der Waals surface area contributed by atoms with E-state index in [1.807, 2.05) is 0 Å². The van der Waals surface area contributed by atoms with Crippen LogP contribution in [0.2, 0.25) is 0 Å². The molecule has 0 radical (unpaired) electrons. The monoisotopic (exact) mass is 650 g/mol. The van der Waals surface area contributed by atoms with Crippen molar-refractivity contribution < 1.29 is 90.5 Å². The summed E-state index contributed by atoms with van der Waals surface area (Å²) in [6.45, 7) is 4.02. The van der Waals surface area contributed by atoms with Crippen molar-refractivity contribution >= 4 is 48.8 Å². The lowest BCUT2D eigenvalue weighted by molar-refractivity contribution is -0.384. The van der Waals surface area contributed by atoms with Gasteiger partial charge in [-0.25, -0.2) is 0 Å². The molecule has 0 saturated carbocycles. The van der Waals surface area contributed by atoms with Crippen LogP contribution in [0.4, 0.5) is 0 Å². The van der Waals surface area contributed by atoms with Gasteiger partial charge in [-0.1, -0.05) is 0 Å². The van der Waals surface area contributed by atoms with Crippen LogP contribution < -0.4 is 0 Å². The van der Waals surface area contributed by atoms with E-state index in [1.165, 1.54) is 0 Å². The maximum Gasteiger partial charge on any atom is 0.303 e. The topological polar surface area (TPSA) is 238 Å². The molecule has 2 aliphatic heterocycles. The predicted octanol–water partition coefficient (Wildman–Crippen LogP) is -1.61. The van der Waals surface area contributed by atoms with Gasteiger partial charge in [-0.05, 0) is 0 Å². The summed E-state index contributed by atoms with van der Waals surface area (Å²) in [5.74, 6) is -7.99. The van der Waals surface area contributed by atoms with Crippen molar-refractivity contribution in [2.24, 2.45) is 0 Å². The molecule has 0 aromatic rings. The Morgan fingerprint density at radius 1 is 0.600 bits per heavy atom.